The first-order valence-electron chi connectivity index (χ1n) is 8.71. The maximum Gasteiger partial charge on any atom is 0.253 e. The van der Waals surface area contributed by atoms with Gasteiger partial charge in [0.25, 0.3) is 5.91 Å². The van der Waals surface area contributed by atoms with Crippen LogP contribution in [0.1, 0.15) is 36.0 Å². The van der Waals surface area contributed by atoms with Crippen LogP contribution in [0.4, 0.5) is 4.39 Å². The summed E-state index contributed by atoms with van der Waals surface area (Å²) in [6, 6.07) is 4.65. The Hall–Kier alpha value is -1.17. The molecule has 0 unspecified atom stereocenters. The molecule has 1 atom stereocenters. The molecule has 24 heavy (non-hydrogen) atoms. The summed E-state index contributed by atoms with van der Waals surface area (Å²) in [6.07, 6.45) is 4.46. The van der Waals surface area contributed by atoms with Crippen LogP contribution in [0.5, 0.6) is 0 Å². The Balaban J connectivity index is 1.58. The molecule has 1 N–H and O–H groups in total. The normalized spacial score (nSPS) is 24.0. The molecule has 2 fully saturated rings. The smallest absolute Gasteiger partial charge is 0.253 e. The molecule has 1 aromatic rings. The molecule has 1 amide bonds. The molecule has 2 heterocycles. The van der Waals surface area contributed by atoms with Crippen molar-refractivity contribution >= 4 is 17.5 Å². The van der Waals surface area contributed by atoms with E-state index in [0.29, 0.717) is 11.6 Å². The number of hydrogen-bond acceptors (Lipinski definition) is 3. The van der Waals surface area contributed by atoms with Gasteiger partial charge in [-0.2, -0.15) is 0 Å². The van der Waals surface area contributed by atoms with E-state index in [2.05, 4.69) is 22.2 Å². The fourth-order valence-electron chi connectivity index (χ4n) is 3.75. The molecule has 2 aliphatic rings. The second kappa shape index (κ2) is 7.81. The van der Waals surface area contributed by atoms with Crippen LogP contribution in [-0.4, -0.2) is 61.0 Å². The molecule has 2 saturated heterocycles. The number of amides is 1. The van der Waals surface area contributed by atoms with Crippen molar-refractivity contribution in [2.75, 3.05) is 33.2 Å². The van der Waals surface area contributed by atoms with E-state index < -0.39 is 5.82 Å². The number of nitrogens with one attached hydrogen (secondary N) is 1. The van der Waals surface area contributed by atoms with Crippen LogP contribution in [0.3, 0.4) is 0 Å². The number of carbonyl (C=O) groups is 1. The van der Waals surface area contributed by atoms with Crippen molar-refractivity contribution in [3.63, 3.8) is 0 Å². The highest BCUT2D eigenvalue weighted by atomic mass is 35.5. The SMILES string of the molecule is CN1CCC(N2CCC[C@H](NC(=O)c3ccc(F)cc3Cl)C2)CC1. The van der Waals surface area contributed by atoms with E-state index in [-0.39, 0.29) is 17.0 Å². The van der Waals surface area contributed by atoms with Crippen LogP contribution in [0, 0.1) is 5.82 Å². The summed E-state index contributed by atoms with van der Waals surface area (Å²) in [6.45, 7) is 4.28. The van der Waals surface area contributed by atoms with Crippen molar-refractivity contribution in [2.24, 2.45) is 0 Å². The zero-order valence-corrected chi connectivity index (χ0v) is 14.9. The molecule has 2 aliphatic heterocycles. The summed E-state index contributed by atoms with van der Waals surface area (Å²) in [4.78, 5) is 17.3. The lowest BCUT2D eigenvalue weighted by atomic mass is 9.98. The lowest BCUT2D eigenvalue weighted by Crippen LogP contribution is -2.53. The lowest BCUT2D eigenvalue weighted by molar-refractivity contribution is 0.0766. The lowest BCUT2D eigenvalue weighted by Gasteiger charge is -2.41. The fourth-order valence-corrected chi connectivity index (χ4v) is 4.01. The molecule has 0 bridgehead atoms. The van der Waals surface area contributed by atoms with Gasteiger partial charge in [0.1, 0.15) is 5.82 Å². The van der Waals surface area contributed by atoms with Crippen LogP contribution in [0.15, 0.2) is 18.2 Å². The van der Waals surface area contributed by atoms with Gasteiger partial charge in [-0.05, 0) is 70.6 Å². The van der Waals surface area contributed by atoms with Gasteiger partial charge >= 0.3 is 0 Å². The van der Waals surface area contributed by atoms with Gasteiger partial charge in [-0.25, -0.2) is 4.39 Å². The Morgan fingerprint density at radius 2 is 2.00 bits per heavy atom. The predicted molar refractivity (Wildman–Crippen MR) is 94.0 cm³/mol. The number of carbonyl (C=O) groups excluding carboxylic acids is 1. The van der Waals surface area contributed by atoms with Gasteiger partial charge < -0.3 is 10.2 Å². The third-order valence-corrected chi connectivity index (χ3v) is 5.48. The van der Waals surface area contributed by atoms with Crippen molar-refractivity contribution < 1.29 is 9.18 Å². The minimum atomic E-state index is -0.428. The van der Waals surface area contributed by atoms with E-state index in [1.54, 1.807) is 0 Å². The predicted octanol–water partition coefficient (Wildman–Crippen LogP) is 2.77. The minimum absolute atomic E-state index is 0.132. The molecule has 0 saturated carbocycles. The first kappa shape index (κ1) is 17.6. The molecule has 3 rings (SSSR count). The largest absolute Gasteiger partial charge is 0.348 e. The molecule has 0 aliphatic carbocycles. The number of nitrogens with zero attached hydrogens (tertiary/aromatic N) is 2. The Labute approximate surface area is 147 Å². The third kappa shape index (κ3) is 4.26. The maximum absolute atomic E-state index is 13.1. The van der Waals surface area contributed by atoms with Crippen molar-refractivity contribution in [2.45, 2.75) is 37.8 Å². The van der Waals surface area contributed by atoms with Crippen molar-refractivity contribution in [1.29, 1.82) is 0 Å². The van der Waals surface area contributed by atoms with Crippen LogP contribution in [0.25, 0.3) is 0 Å². The highest BCUT2D eigenvalue weighted by Crippen LogP contribution is 2.22. The van der Waals surface area contributed by atoms with Gasteiger partial charge in [0, 0.05) is 18.6 Å². The monoisotopic (exact) mass is 353 g/mol. The summed E-state index contributed by atoms with van der Waals surface area (Å²) in [5.41, 5.74) is 0.342. The summed E-state index contributed by atoms with van der Waals surface area (Å²) in [7, 11) is 2.17. The number of piperidine rings is 2. The number of halogens is 2. The average molecular weight is 354 g/mol. The van der Waals surface area contributed by atoms with E-state index in [0.717, 1.165) is 39.0 Å². The maximum atomic E-state index is 13.1. The van der Waals surface area contributed by atoms with Crippen LogP contribution in [-0.2, 0) is 0 Å². The van der Waals surface area contributed by atoms with Gasteiger partial charge in [0.2, 0.25) is 0 Å². The Bertz CT molecular complexity index is 590. The number of rotatable bonds is 3. The topological polar surface area (TPSA) is 35.6 Å². The van der Waals surface area contributed by atoms with Gasteiger partial charge in [-0.15, -0.1) is 0 Å². The molecule has 132 valence electrons. The highest BCUT2D eigenvalue weighted by molar-refractivity contribution is 6.33. The van der Waals surface area contributed by atoms with E-state index in [9.17, 15) is 9.18 Å². The van der Waals surface area contributed by atoms with Gasteiger partial charge in [-0.3, -0.25) is 9.69 Å². The summed E-state index contributed by atoms with van der Waals surface area (Å²) in [5, 5.41) is 3.24. The van der Waals surface area contributed by atoms with Gasteiger partial charge in [0.05, 0.1) is 10.6 Å². The Morgan fingerprint density at radius 1 is 1.25 bits per heavy atom. The van der Waals surface area contributed by atoms with E-state index in [1.807, 2.05) is 0 Å². The summed E-state index contributed by atoms with van der Waals surface area (Å²) in [5.74, 6) is -0.641. The zero-order chi connectivity index (χ0) is 17.1. The Kier molecular flexibility index (Phi) is 5.74. The van der Waals surface area contributed by atoms with Crippen molar-refractivity contribution in [3.05, 3.63) is 34.6 Å². The van der Waals surface area contributed by atoms with E-state index in [4.69, 9.17) is 11.6 Å². The highest BCUT2D eigenvalue weighted by Gasteiger charge is 2.29. The van der Waals surface area contributed by atoms with E-state index in [1.165, 1.54) is 31.0 Å². The fraction of sp³-hybridized carbons (Fsp3) is 0.611. The Morgan fingerprint density at radius 3 is 2.71 bits per heavy atom. The molecular weight excluding hydrogens is 329 g/mol. The van der Waals surface area contributed by atoms with Crippen molar-refractivity contribution in [1.82, 2.24) is 15.1 Å². The van der Waals surface area contributed by atoms with Gasteiger partial charge in [0.15, 0.2) is 0 Å². The molecule has 0 radical (unpaired) electrons. The molecule has 0 aromatic heterocycles. The second-order valence-corrected chi connectivity index (χ2v) is 7.37. The molecule has 1 aromatic carbocycles. The molecular formula is C18H25ClFN3O. The third-order valence-electron chi connectivity index (χ3n) is 5.17. The van der Waals surface area contributed by atoms with Crippen LogP contribution >= 0.6 is 11.6 Å². The minimum Gasteiger partial charge on any atom is -0.348 e. The quantitative estimate of drug-likeness (QED) is 0.907. The van der Waals surface area contributed by atoms with Crippen molar-refractivity contribution in [3.8, 4) is 0 Å². The van der Waals surface area contributed by atoms with Gasteiger partial charge in [-0.1, -0.05) is 11.6 Å². The van der Waals surface area contributed by atoms with E-state index >= 15 is 0 Å². The standard InChI is InChI=1S/C18H25ClFN3O/c1-22-9-6-15(7-10-22)23-8-2-3-14(12-23)21-18(24)16-5-4-13(20)11-17(16)19/h4-5,11,14-15H,2-3,6-10,12H2,1H3,(H,21,24)/t14-/m0/s1. The summed E-state index contributed by atoms with van der Waals surface area (Å²) < 4.78 is 13.1. The first-order valence-corrected chi connectivity index (χ1v) is 9.09. The summed E-state index contributed by atoms with van der Waals surface area (Å²) >= 11 is 5.99. The molecule has 4 nitrogen and oxygen atoms in total. The second-order valence-electron chi connectivity index (χ2n) is 6.97. The molecule has 6 heteroatoms. The number of likely N-dealkylation sites (tertiary alicyclic amines) is 2. The molecule has 0 spiro atoms. The average Bonchev–Trinajstić information content (AvgIpc) is 2.55. The zero-order valence-electron chi connectivity index (χ0n) is 14.1. The first-order chi connectivity index (χ1) is 11.5. The number of hydrogen-bond donors (Lipinski definition) is 1. The van der Waals surface area contributed by atoms with Crippen LogP contribution < -0.4 is 5.32 Å². The number of benzene rings is 1. The van der Waals surface area contributed by atoms with Crippen LogP contribution in [0.2, 0.25) is 5.02 Å².